The predicted octanol–water partition coefficient (Wildman–Crippen LogP) is 1.13. The van der Waals surface area contributed by atoms with E-state index >= 15 is 0 Å². The molecule has 10 nitrogen and oxygen atoms in total. The molecular formula is C20H25N5O5. The average molecular weight is 415 g/mol. The topological polar surface area (TPSA) is 116 Å². The van der Waals surface area contributed by atoms with E-state index in [9.17, 15) is 24.5 Å². The first-order valence-electron chi connectivity index (χ1n) is 9.89. The number of nitrogens with zero attached hydrogens (tertiary/aromatic N) is 4. The fourth-order valence-corrected chi connectivity index (χ4v) is 4.87. The van der Waals surface area contributed by atoms with Gasteiger partial charge < -0.3 is 9.80 Å². The Morgan fingerprint density at radius 2 is 1.90 bits per heavy atom. The van der Waals surface area contributed by atoms with Crippen molar-refractivity contribution >= 4 is 29.2 Å². The Kier molecular flexibility index (Phi) is 4.39. The number of carbonyl (C=O) groups excluding carboxylic acids is 3. The zero-order valence-corrected chi connectivity index (χ0v) is 17.5. The van der Waals surface area contributed by atoms with Gasteiger partial charge in [-0.2, -0.15) is 0 Å². The second kappa shape index (κ2) is 6.49. The number of hydrogen-bond acceptors (Lipinski definition) is 7. The number of non-ortho nitro benzene ring substituents is 1. The summed E-state index contributed by atoms with van der Waals surface area (Å²) in [5.74, 6) is -1.19. The Morgan fingerprint density at radius 3 is 2.53 bits per heavy atom. The number of piperazine rings is 1. The van der Waals surface area contributed by atoms with E-state index in [1.54, 1.807) is 26.8 Å². The zero-order chi connectivity index (χ0) is 22.0. The number of benzene rings is 1. The SMILES string of the molecule is CN1CCN2c3ccc([N+](=O)[O-])cc3C[C@]3(C(=O)NC(=O)N(C(C)(C)C)C3=O)[C@@H]2C1. The van der Waals surface area contributed by atoms with Crippen molar-refractivity contribution in [3.05, 3.63) is 33.9 Å². The van der Waals surface area contributed by atoms with Crippen LogP contribution in [0.5, 0.6) is 0 Å². The maximum Gasteiger partial charge on any atom is 0.331 e. The standard InChI is InChI=1S/C20H25N5O5/c1-19(2,3)24-17(27)20(16(26)21-18(24)28)10-12-9-13(25(29)30)5-6-14(12)23-8-7-22(4)11-15(20)23/h5-6,9,15H,7-8,10-11H2,1-4H3,(H,21,26,28)/t15-,20+/m0/s1. The van der Waals surface area contributed by atoms with E-state index in [0.717, 1.165) is 17.1 Å². The van der Waals surface area contributed by atoms with Crippen LogP contribution in [0.25, 0.3) is 0 Å². The van der Waals surface area contributed by atoms with E-state index in [4.69, 9.17) is 0 Å². The van der Waals surface area contributed by atoms with Crippen molar-refractivity contribution < 1.29 is 19.3 Å². The molecule has 3 aliphatic heterocycles. The Hall–Kier alpha value is -3.01. The molecule has 2 fully saturated rings. The molecule has 10 heteroatoms. The van der Waals surface area contributed by atoms with Crippen LogP contribution in [0.1, 0.15) is 26.3 Å². The summed E-state index contributed by atoms with van der Waals surface area (Å²) in [6, 6.07) is 3.35. The Labute approximate surface area is 173 Å². The number of nitrogens with one attached hydrogen (secondary N) is 1. The van der Waals surface area contributed by atoms with Crippen LogP contribution in [-0.2, 0) is 16.0 Å². The van der Waals surface area contributed by atoms with E-state index in [0.29, 0.717) is 18.7 Å². The summed E-state index contributed by atoms with van der Waals surface area (Å²) in [5.41, 5.74) is -1.11. The van der Waals surface area contributed by atoms with Crippen LogP contribution in [0.15, 0.2) is 18.2 Å². The van der Waals surface area contributed by atoms with E-state index in [-0.39, 0.29) is 12.1 Å². The van der Waals surface area contributed by atoms with Gasteiger partial charge in [0.25, 0.3) is 5.69 Å². The van der Waals surface area contributed by atoms with Crippen molar-refractivity contribution in [2.45, 2.75) is 38.8 Å². The molecule has 30 heavy (non-hydrogen) atoms. The molecule has 160 valence electrons. The summed E-state index contributed by atoms with van der Waals surface area (Å²) in [6.45, 7) is 6.96. The van der Waals surface area contributed by atoms with Crippen LogP contribution in [0.3, 0.4) is 0 Å². The third-order valence-corrected chi connectivity index (χ3v) is 6.29. The maximum atomic E-state index is 13.8. The van der Waals surface area contributed by atoms with Crippen molar-refractivity contribution in [3.8, 4) is 0 Å². The molecule has 0 unspecified atom stereocenters. The first-order valence-corrected chi connectivity index (χ1v) is 9.89. The molecule has 0 saturated carbocycles. The Morgan fingerprint density at radius 1 is 1.20 bits per heavy atom. The molecule has 0 bridgehead atoms. The third kappa shape index (κ3) is 2.78. The molecule has 3 heterocycles. The number of urea groups is 1. The predicted molar refractivity (Wildman–Crippen MR) is 108 cm³/mol. The minimum absolute atomic E-state index is 0.00352. The molecular weight excluding hydrogens is 390 g/mol. The minimum Gasteiger partial charge on any atom is -0.364 e. The monoisotopic (exact) mass is 415 g/mol. The van der Waals surface area contributed by atoms with Gasteiger partial charge in [0.05, 0.1) is 11.0 Å². The molecule has 4 amide bonds. The maximum absolute atomic E-state index is 13.8. The average Bonchev–Trinajstić information content (AvgIpc) is 2.64. The van der Waals surface area contributed by atoms with Crippen LogP contribution in [0.2, 0.25) is 0 Å². The number of carbonyl (C=O) groups is 3. The summed E-state index contributed by atoms with van der Waals surface area (Å²) >= 11 is 0. The highest BCUT2D eigenvalue weighted by Gasteiger charge is 2.64. The lowest BCUT2D eigenvalue weighted by atomic mass is 9.67. The lowest BCUT2D eigenvalue weighted by Crippen LogP contribution is -2.76. The third-order valence-electron chi connectivity index (χ3n) is 6.29. The number of anilines is 1. The first kappa shape index (κ1) is 20.3. The Balaban J connectivity index is 1.91. The fourth-order valence-electron chi connectivity index (χ4n) is 4.87. The molecule has 1 aromatic rings. The highest BCUT2D eigenvalue weighted by Crippen LogP contribution is 2.47. The summed E-state index contributed by atoms with van der Waals surface area (Å²) in [7, 11) is 1.92. The van der Waals surface area contributed by atoms with Gasteiger partial charge in [0.15, 0.2) is 5.41 Å². The zero-order valence-electron chi connectivity index (χ0n) is 17.5. The number of amides is 4. The molecule has 1 N–H and O–H groups in total. The van der Waals surface area contributed by atoms with Gasteiger partial charge in [-0.15, -0.1) is 0 Å². The Bertz CT molecular complexity index is 971. The van der Waals surface area contributed by atoms with Crippen molar-refractivity contribution in [2.24, 2.45) is 5.41 Å². The molecule has 4 rings (SSSR count). The highest BCUT2D eigenvalue weighted by molar-refractivity contribution is 6.20. The van der Waals surface area contributed by atoms with Crippen LogP contribution >= 0.6 is 0 Å². The van der Waals surface area contributed by atoms with E-state index in [1.165, 1.54) is 12.1 Å². The van der Waals surface area contributed by atoms with Crippen molar-refractivity contribution in [1.29, 1.82) is 0 Å². The quantitative estimate of drug-likeness (QED) is 0.415. The van der Waals surface area contributed by atoms with Gasteiger partial charge in [-0.05, 0) is 39.4 Å². The van der Waals surface area contributed by atoms with Crippen LogP contribution in [0, 0.1) is 15.5 Å². The number of likely N-dealkylation sites (N-methyl/N-ethyl adjacent to an activating group) is 1. The molecule has 3 aliphatic rings. The van der Waals surface area contributed by atoms with Gasteiger partial charge in [-0.3, -0.25) is 29.9 Å². The molecule has 2 atom stereocenters. The number of rotatable bonds is 1. The second-order valence-electron chi connectivity index (χ2n) is 9.26. The first-order chi connectivity index (χ1) is 14.0. The number of imide groups is 2. The summed E-state index contributed by atoms with van der Waals surface area (Å²) in [4.78, 5) is 55.7. The number of nitro groups is 1. The fraction of sp³-hybridized carbons (Fsp3) is 0.550. The van der Waals surface area contributed by atoms with Gasteiger partial charge in [0, 0.05) is 49.4 Å². The van der Waals surface area contributed by atoms with Gasteiger partial charge >= 0.3 is 6.03 Å². The van der Waals surface area contributed by atoms with Gasteiger partial charge in [0.2, 0.25) is 11.8 Å². The van der Waals surface area contributed by atoms with Crippen LogP contribution < -0.4 is 10.2 Å². The molecule has 1 spiro atoms. The summed E-state index contributed by atoms with van der Waals surface area (Å²) < 4.78 is 0. The number of fused-ring (bicyclic) bond motifs is 4. The molecule has 1 aromatic carbocycles. The molecule has 0 radical (unpaired) electrons. The lowest BCUT2D eigenvalue weighted by molar-refractivity contribution is -0.384. The summed E-state index contributed by atoms with van der Waals surface area (Å²) in [6.07, 6.45) is 0.00352. The number of barbiturate groups is 1. The van der Waals surface area contributed by atoms with Gasteiger partial charge in [-0.1, -0.05) is 0 Å². The largest absolute Gasteiger partial charge is 0.364 e. The van der Waals surface area contributed by atoms with E-state index in [2.05, 4.69) is 10.2 Å². The molecule has 2 saturated heterocycles. The number of nitro benzene ring substituents is 1. The number of hydrogen-bond donors (Lipinski definition) is 1. The van der Waals surface area contributed by atoms with Crippen molar-refractivity contribution in [2.75, 3.05) is 31.6 Å². The van der Waals surface area contributed by atoms with Gasteiger partial charge in [0.1, 0.15) is 0 Å². The van der Waals surface area contributed by atoms with E-state index < -0.39 is 39.8 Å². The summed E-state index contributed by atoms with van der Waals surface area (Å²) in [5, 5.41) is 13.7. The van der Waals surface area contributed by atoms with E-state index in [1.807, 2.05) is 11.9 Å². The van der Waals surface area contributed by atoms with Gasteiger partial charge in [-0.25, -0.2) is 4.79 Å². The van der Waals surface area contributed by atoms with Crippen LogP contribution in [-0.4, -0.2) is 70.8 Å². The van der Waals surface area contributed by atoms with Crippen LogP contribution in [0.4, 0.5) is 16.2 Å². The molecule has 0 aliphatic carbocycles. The van der Waals surface area contributed by atoms with Crippen molar-refractivity contribution in [3.63, 3.8) is 0 Å². The molecule has 0 aromatic heterocycles. The minimum atomic E-state index is -1.54. The van der Waals surface area contributed by atoms with Crippen molar-refractivity contribution in [1.82, 2.24) is 15.1 Å². The smallest absolute Gasteiger partial charge is 0.331 e. The lowest BCUT2D eigenvalue weighted by Gasteiger charge is -2.56. The normalized spacial score (nSPS) is 27.1. The second-order valence-corrected chi connectivity index (χ2v) is 9.26. The highest BCUT2D eigenvalue weighted by atomic mass is 16.6.